The topological polar surface area (TPSA) is 79.7 Å². The molecule has 1 N–H and O–H groups in total. The number of piperidine rings is 1. The van der Waals surface area contributed by atoms with Gasteiger partial charge in [-0.1, -0.05) is 0 Å². The lowest BCUT2D eigenvalue weighted by Crippen LogP contribution is -2.39. The summed E-state index contributed by atoms with van der Waals surface area (Å²) in [4.78, 5) is 19.4. The van der Waals surface area contributed by atoms with E-state index >= 15 is 0 Å². The number of carbonyl (C=O) groups excluding carboxylic acids is 1. The Balaban J connectivity index is 1.90. The number of likely N-dealkylation sites (tertiary alicyclic amines) is 1. The van der Waals surface area contributed by atoms with Gasteiger partial charge in [-0.25, -0.2) is 4.98 Å². The Kier molecular flexibility index (Phi) is 4.19. The molecule has 7 heteroatoms. The standard InChI is InChI=1S/C17H26N6O/c1-11-10-13(21-23(11)17(3,4)5)16(24)22-9-7-6-8-14(22)15-18-12(2)19-20-15/h10,14H,6-9H2,1-5H3,(H,18,19,20)/t14-/m1/s1. The lowest BCUT2D eigenvalue weighted by atomic mass is 10.0. The fourth-order valence-electron chi connectivity index (χ4n) is 3.36. The van der Waals surface area contributed by atoms with Crippen LogP contribution in [0.1, 0.15) is 73.9 Å². The minimum atomic E-state index is -0.148. The van der Waals surface area contributed by atoms with Crippen molar-refractivity contribution in [1.29, 1.82) is 0 Å². The maximum atomic E-state index is 13.1. The third kappa shape index (κ3) is 3.07. The molecular weight excluding hydrogens is 304 g/mol. The van der Waals surface area contributed by atoms with Gasteiger partial charge in [-0.05, 0) is 59.9 Å². The minimum absolute atomic E-state index is 0.0340. The van der Waals surface area contributed by atoms with Crippen LogP contribution < -0.4 is 0 Å². The van der Waals surface area contributed by atoms with E-state index in [4.69, 9.17) is 0 Å². The molecule has 1 fully saturated rings. The fraction of sp³-hybridized carbons (Fsp3) is 0.647. The second-order valence-electron chi connectivity index (χ2n) is 7.54. The molecule has 7 nitrogen and oxygen atoms in total. The van der Waals surface area contributed by atoms with Crippen molar-refractivity contribution in [3.05, 3.63) is 29.1 Å². The number of H-pyrrole nitrogens is 1. The van der Waals surface area contributed by atoms with Crippen molar-refractivity contribution >= 4 is 5.91 Å². The summed E-state index contributed by atoms with van der Waals surface area (Å²) in [7, 11) is 0. The normalized spacial score (nSPS) is 18.9. The van der Waals surface area contributed by atoms with E-state index in [1.807, 2.05) is 29.5 Å². The van der Waals surface area contributed by atoms with Crippen LogP contribution in [0.5, 0.6) is 0 Å². The number of hydrogen-bond acceptors (Lipinski definition) is 4. The highest BCUT2D eigenvalue weighted by Crippen LogP contribution is 2.30. The van der Waals surface area contributed by atoms with Crippen LogP contribution in [0.25, 0.3) is 0 Å². The summed E-state index contributed by atoms with van der Waals surface area (Å²) in [6.45, 7) is 10.8. The van der Waals surface area contributed by atoms with E-state index in [0.717, 1.165) is 37.3 Å². The van der Waals surface area contributed by atoms with Gasteiger partial charge in [0.2, 0.25) is 0 Å². The fourth-order valence-corrected chi connectivity index (χ4v) is 3.36. The van der Waals surface area contributed by atoms with E-state index in [-0.39, 0.29) is 17.5 Å². The van der Waals surface area contributed by atoms with Crippen LogP contribution >= 0.6 is 0 Å². The smallest absolute Gasteiger partial charge is 0.274 e. The molecule has 1 atom stereocenters. The summed E-state index contributed by atoms with van der Waals surface area (Å²) in [5.41, 5.74) is 1.35. The monoisotopic (exact) mass is 330 g/mol. The second-order valence-corrected chi connectivity index (χ2v) is 7.54. The molecular formula is C17H26N6O. The molecule has 130 valence electrons. The summed E-state index contributed by atoms with van der Waals surface area (Å²) in [6, 6.07) is 1.80. The first-order valence-electron chi connectivity index (χ1n) is 8.54. The van der Waals surface area contributed by atoms with Gasteiger partial charge in [0.25, 0.3) is 5.91 Å². The zero-order valence-corrected chi connectivity index (χ0v) is 15.1. The van der Waals surface area contributed by atoms with Crippen molar-refractivity contribution in [2.45, 2.75) is 65.5 Å². The molecule has 1 aliphatic heterocycles. The number of hydrogen-bond donors (Lipinski definition) is 1. The molecule has 0 bridgehead atoms. The zero-order valence-electron chi connectivity index (χ0n) is 15.1. The Morgan fingerprint density at radius 1 is 1.29 bits per heavy atom. The zero-order chi connectivity index (χ0) is 17.5. The largest absolute Gasteiger partial charge is 0.327 e. The molecule has 1 saturated heterocycles. The number of aryl methyl sites for hydroxylation is 2. The lowest BCUT2D eigenvalue weighted by Gasteiger charge is -2.33. The molecule has 0 saturated carbocycles. The van der Waals surface area contributed by atoms with Gasteiger partial charge in [0.1, 0.15) is 5.82 Å². The lowest BCUT2D eigenvalue weighted by molar-refractivity contribution is 0.0592. The average molecular weight is 330 g/mol. The molecule has 0 aromatic carbocycles. The van der Waals surface area contributed by atoms with Crippen LogP contribution in [-0.4, -0.2) is 42.3 Å². The molecule has 2 aromatic rings. The number of rotatable bonds is 2. The van der Waals surface area contributed by atoms with E-state index in [0.29, 0.717) is 11.5 Å². The molecule has 2 aromatic heterocycles. The van der Waals surface area contributed by atoms with Crippen LogP contribution in [0.3, 0.4) is 0 Å². The molecule has 1 amide bonds. The van der Waals surface area contributed by atoms with E-state index in [2.05, 4.69) is 41.1 Å². The van der Waals surface area contributed by atoms with Crippen molar-refractivity contribution in [2.75, 3.05) is 6.54 Å². The summed E-state index contributed by atoms with van der Waals surface area (Å²) < 4.78 is 1.91. The molecule has 0 unspecified atom stereocenters. The van der Waals surface area contributed by atoms with Crippen LogP contribution in [0.4, 0.5) is 0 Å². The maximum absolute atomic E-state index is 13.1. The van der Waals surface area contributed by atoms with Gasteiger partial charge in [-0.15, -0.1) is 0 Å². The van der Waals surface area contributed by atoms with Crippen molar-refractivity contribution in [3.63, 3.8) is 0 Å². The Bertz CT molecular complexity index is 739. The highest BCUT2D eigenvalue weighted by atomic mass is 16.2. The third-order valence-electron chi connectivity index (χ3n) is 4.42. The van der Waals surface area contributed by atoms with Gasteiger partial charge < -0.3 is 4.90 Å². The first-order chi connectivity index (χ1) is 11.3. The van der Waals surface area contributed by atoms with Gasteiger partial charge in [-0.3, -0.25) is 14.6 Å². The Labute approximate surface area is 142 Å². The van der Waals surface area contributed by atoms with Crippen molar-refractivity contribution in [2.24, 2.45) is 0 Å². The van der Waals surface area contributed by atoms with Crippen molar-refractivity contribution < 1.29 is 4.79 Å². The predicted octanol–water partition coefficient (Wildman–Crippen LogP) is 2.74. The molecule has 0 spiro atoms. The van der Waals surface area contributed by atoms with Crippen LogP contribution in [-0.2, 0) is 5.54 Å². The second kappa shape index (κ2) is 6.03. The van der Waals surface area contributed by atoms with Crippen LogP contribution in [0.2, 0.25) is 0 Å². The number of carbonyl (C=O) groups is 1. The quantitative estimate of drug-likeness (QED) is 0.918. The third-order valence-corrected chi connectivity index (χ3v) is 4.42. The Morgan fingerprint density at radius 3 is 2.62 bits per heavy atom. The summed E-state index contributed by atoms with van der Waals surface area (Å²) in [5.74, 6) is 1.44. The average Bonchev–Trinajstić information content (AvgIpc) is 3.12. The van der Waals surface area contributed by atoms with Crippen molar-refractivity contribution in [3.8, 4) is 0 Å². The number of aromatic nitrogens is 5. The molecule has 24 heavy (non-hydrogen) atoms. The van der Waals surface area contributed by atoms with E-state index < -0.39 is 0 Å². The minimum Gasteiger partial charge on any atom is -0.327 e. The number of nitrogens with one attached hydrogen (secondary N) is 1. The van der Waals surface area contributed by atoms with Gasteiger partial charge >= 0.3 is 0 Å². The maximum Gasteiger partial charge on any atom is 0.274 e. The summed E-state index contributed by atoms with van der Waals surface area (Å²) in [6.07, 6.45) is 2.98. The molecule has 3 rings (SSSR count). The number of aromatic amines is 1. The predicted molar refractivity (Wildman–Crippen MR) is 90.7 cm³/mol. The number of amides is 1. The van der Waals surface area contributed by atoms with E-state index in [1.54, 1.807) is 0 Å². The van der Waals surface area contributed by atoms with Gasteiger partial charge in [0, 0.05) is 12.2 Å². The van der Waals surface area contributed by atoms with Gasteiger partial charge in [0.15, 0.2) is 11.5 Å². The molecule has 3 heterocycles. The Morgan fingerprint density at radius 2 is 2.04 bits per heavy atom. The number of nitrogens with zero attached hydrogens (tertiary/aromatic N) is 5. The molecule has 0 aliphatic carbocycles. The molecule has 1 aliphatic rings. The highest BCUT2D eigenvalue weighted by Gasteiger charge is 2.33. The van der Waals surface area contributed by atoms with Crippen molar-refractivity contribution in [1.82, 2.24) is 29.9 Å². The van der Waals surface area contributed by atoms with E-state index in [1.165, 1.54) is 0 Å². The van der Waals surface area contributed by atoms with Gasteiger partial charge in [0.05, 0.1) is 11.6 Å². The summed E-state index contributed by atoms with van der Waals surface area (Å²) >= 11 is 0. The van der Waals surface area contributed by atoms with E-state index in [9.17, 15) is 4.79 Å². The van der Waals surface area contributed by atoms with Crippen LogP contribution in [0.15, 0.2) is 6.07 Å². The first-order valence-corrected chi connectivity index (χ1v) is 8.54. The van der Waals surface area contributed by atoms with Gasteiger partial charge in [-0.2, -0.15) is 10.2 Å². The highest BCUT2D eigenvalue weighted by molar-refractivity contribution is 5.92. The van der Waals surface area contributed by atoms with Crippen LogP contribution in [0, 0.1) is 13.8 Å². The molecule has 0 radical (unpaired) electrons. The SMILES string of the molecule is Cc1nc([C@H]2CCCCN2C(=O)c2cc(C)n(C(C)(C)C)n2)n[nH]1. The first kappa shape index (κ1) is 16.7. The summed E-state index contributed by atoms with van der Waals surface area (Å²) in [5, 5.41) is 11.7. The Hall–Kier alpha value is -2.18.